The Balaban J connectivity index is 1.95. The highest BCUT2D eigenvalue weighted by Gasteiger charge is 2.21. The molecule has 0 aliphatic carbocycles. The Morgan fingerprint density at radius 3 is 2.37 bits per heavy atom. The average Bonchev–Trinajstić information content (AvgIpc) is 3.10. The van der Waals surface area contributed by atoms with Gasteiger partial charge in [0.15, 0.2) is 11.2 Å². The van der Waals surface area contributed by atoms with Gasteiger partial charge in [-0.1, -0.05) is 55.0 Å². The van der Waals surface area contributed by atoms with Gasteiger partial charge in [0.05, 0.1) is 6.54 Å². The molecule has 0 bridgehead atoms. The van der Waals surface area contributed by atoms with Crippen molar-refractivity contribution in [3.05, 3.63) is 86.1 Å². The summed E-state index contributed by atoms with van der Waals surface area (Å²) in [4.78, 5) is 30.0. The molecule has 2 heterocycles. The van der Waals surface area contributed by atoms with Crippen molar-refractivity contribution < 1.29 is 4.74 Å². The van der Waals surface area contributed by atoms with Crippen molar-refractivity contribution in [3.63, 3.8) is 0 Å². The lowest BCUT2D eigenvalue weighted by molar-refractivity contribution is 0.417. The summed E-state index contributed by atoms with van der Waals surface area (Å²) in [5, 5.41) is 0. The van der Waals surface area contributed by atoms with E-state index in [4.69, 9.17) is 4.74 Å². The van der Waals surface area contributed by atoms with E-state index in [1.165, 1.54) is 11.6 Å². The fourth-order valence-corrected chi connectivity index (χ4v) is 3.52. The van der Waals surface area contributed by atoms with Crippen LogP contribution in [0.5, 0.6) is 11.8 Å². The molecule has 2 aromatic heterocycles. The minimum atomic E-state index is -0.423. The van der Waals surface area contributed by atoms with E-state index in [-0.39, 0.29) is 6.01 Å². The molecule has 0 fully saturated rings. The number of benzene rings is 2. The summed E-state index contributed by atoms with van der Waals surface area (Å²) >= 11 is 0. The third-order valence-electron chi connectivity index (χ3n) is 5.33. The molecule has 0 amide bonds. The summed E-state index contributed by atoms with van der Waals surface area (Å²) in [7, 11) is 3.08. The highest BCUT2D eigenvalue weighted by Crippen LogP contribution is 2.28. The van der Waals surface area contributed by atoms with E-state index in [1.807, 2.05) is 55.5 Å². The zero-order valence-corrected chi connectivity index (χ0v) is 17.5. The predicted octanol–water partition coefficient (Wildman–Crippen LogP) is 3.15. The molecule has 0 radical (unpaired) electrons. The maximum absolute atomic E-state index is 13.0. The molecular formula is C23H24N4O3. The van der Waals surface area contributed by atoms with Crippen molar-refractivity contribution in [2.24, 2.45) is 14.1 Å². The van der Waals surface area contributed by atoms with E-state index < -0.39 is 11.2 Å². The van der Waals surface area contributed by atoms with Gasteiger partial charge in [0.1, 0.15) is 5.75 Å². The summed E-state index contributed by atoms with van der Waals surface area (Å²) < 4.78 is 10.4. The van der Waals surface area contributed by atoms with Crippen molar-refractivity contribution in [3.8, 4) is 11.8 Å². The molecular weight excluding hydrogens is 380 g/mol. The molecule has 154 valence electrons. The van der Waals surface area contributed by atoms with Gasteiger partial charge in [-0.05, 0) is 30.5 Å². The van der Waals surface area contributed by atoms with Crippen molar-refractivity contribution in [1.29, 1.82) is 0 Å². The Hall–Kier alpha value is -3.61. The van der Waals surface area contributed by atoms with Gasteiger partial charge in [0.25, 0.3) is 5.56 Å². The van der Waals surface area contributed by atoms with Gasteiger partial charge in [-0.15, -0.1) is 0 Å². The van der Waals surface area contributed by atoms with E-state index in [0.717, 1.165) is 27.7 Å². The molecule has 7 heteroatoms. The summed E-state index contributed by atoms with van der Waals surface area (Å²) in [6, 6.07) is 16.1. The third kappa shape index (κ3) is 3.32. The summed E-state index contributed by atoms with van der Waals surface area (Å²) in [6.45, 7) is 4.48. The SMILES string of the molecule is CCc1ccccc1Oc1nc2c(c(=O)n(C)c(=O)n2C)n1Cc1ccc(C)cc1. The van der Waals surface area contributed by atoms with E-state index in [9.17, 15) is 9.59 Å². The number of ether oxygens (including phenoxy) is 1. The second kappa shape index (κ2) is 7.67. The highest BCUT2D eigenvalue weighted by molar-refractivity contribution is 5.72. The minimum absolute atomic E-state index is 0.282. The van der Waals surface area contributed by atoms with Crippen molar-refractivity contribution in [2.75, 3.05) is 0 Å². The Kier molecular flexibility index (Phi) is 5.03. The first-order valence-corrected chi connectivity index (χ1v) is 9.88. The monoisotopic (exact) mass is 404 g/mol. The molecule has 0 aliphatic heterocycles. The summed E-state index contributed by atoms with van der Waals surface area (Å²) in [6.07, 6.45) is 0.800. The normalized spacial score (nSPS) is 11.2. The van der Waals surface area contributed by atoms with Crippen LogP contribution >= 0.6 is 0 Å². The zero-order valence-electron chi connectivity index (χ0n) is 17.5. The quantitative estimate of drug-likeness (QED) is 0.512. The maximum Gasteiger partial charge on any atom is 0.332 e. The number of hydrogen-bond donors (Lipinski definition) is 0. The Morgan fingerprint density at radius 2 is 1.67 bits per heavy atom. The Bertz CT molecular complexity index is 1340. The molecule has 2 aromatic carbocycles. The van der Waals surface area contributed by atoms with Gasteiger partial charge in [0.2, 0.25) is 0 Å². The van der Waals surface area contributed by atoms with Gasteiger partial charge in [-0.3, -0.25) is 18.5 Å². The van der Waals surface area contributed by atoms with Crippen LogP contribution in [0.3, 0.4) is 0 Å². The second-order valence-corrected chi connectivity index (χ2v) is 7.41. The van der Waals surface area contributed by atoms with Crippen LogP contribution in [0, 0.1) is 6.92 Å². The van der Waals surface area contributed by atoms with Gasteiger partial charge >= 0.3 is 11.7 Å². The van der Waals surface area contributed by atoms with Crippen LogP contribution in [0.2, 0.25) is 0 Å². The Labute approximate surface area is 173 Å². The van der Waals surface area contributed by atoms with E-state index in [2.05, 4.69) is 11.9 Å². The molecule has 0 saturated carbocycles. The van der Waals surface area contributed by atoms with Crippen LogP contribution in [0.25, 0.3) is 11.2 Å². The van der Waals surface area contributed by atoms with Crippen LogP contribution in [0.15, 0.2) is 58.1 Å². The molecule has 0 aliphatic rings. The third-order valence-corrected chi connectivity index (χ3v) is 5.33. The van der Waals surface area contributed by atoms with Gasteiger partial charge in [0, 0.05) is 14.1 Å². The second-order valence-electron chi connectivity index (χ2n) is 7.41. The van der Waals surface area contributed by atoms with Crippen LogP contribution in [0.4, 0.5) is 0 Å². The molecule has 0 spiro atoms. The molecule has 0 atom stereocenters. The fourth-order valence-electron chi connectivity index (χ4n) is 3.52. The van der Waals surface area contributed by atoms with Gasteiger partial charge in [-0.25, -0.2) is 4.79 Å². The smallest absolute Gasteiger partial charge is 0.332 e. The summed E-state index contributed by atoms with van der Waals surface area (Å²) in [5.41, 5.74) is 3.02. The Morgan fingerprint density at radius 1 is 0.967 bits per heavy atom. The van der Waals surface area contributed by atoms with Crippen LogP contribution in [-0.4, -0.2) is 18.7 Å². The molecule has 4 aromatic rings. The number of imidazole rings is 1. The van der Waals surface area contributed by atoms with Crippen LogP contribution in [-0.2, 0) is 27.1 Å². The number of aryl methyl sites for hydroxylation is 3. The van der Waals surface area contributed by atoms with E-state index >= 15 is 0 Å². The number of hydrogen-bond acceptors (Lipinski definition) is 4. The number of rotatable bonds is 5. The number of nitrogens with zero attached hydrogens (tertiary/aromatic N) is 4. The topological polar surface area (TPSA) is 71.1 Å². The van der Waals surface area contributed by atoms with Crippen molar-refractivity contribution >= 4 is 11.2 Å². The minimum Gasteiger partial charge on any atom is -0.425 e. The fraction of sp³-hybridized carbons (Fsp3) is 0.261. The van der Waals surface area contributed by atoms with Gasteiger partial charge in [-0.2, -0.15) is 4.98 Å². The van der Waals surface area contributed by atoms with E-state index in [1.54, 1.807) is 11.6 Å². The lowest BCUT2D eigenvalue weighted by atomic mass is 10.1. The van der Waals surface area contributed by atoms with Crippen molar-refractivity contribution in [1.82, 2.24) is 18.7 Å². The molecule has 4 rings (SSSR count). The maximum atomic E-state index is 13.0. The van der Waals surface area contributed by atoms with Crippen LogP contribution in [0.1, 0.15) is 23.6 Å². The first kappa shape index (κ1) is 19.7. The predicted molar refractivity (Wildman–Crippen MR) is 116 cm³/mol. The molecule has 0 unspecified atom stereocenters. The standard InChI is InChI=1S/C23H24N4O3/c1-5-17-8-6-7-9-18(17)30-22-24-20-19(21(28)26(4)23(29)25(20)3)27(22)14-16-12-10-15(2)11-13-16/h6-13H,5,14H2,1-4H3. The lowest BCUT2D eigenvalue weighted by Crippen LogP contribution is -2.37. The number of aromatic nitrogens is 4. The number of fused-ring (bicyclic) bond motifs is 1. The first-order valence-electron chi connectivity index (χ1n) is 9.88. The first-order chi connectivity index (χ1) is 14.4. The summed E-state index contributed by atoms with van der Waals surface area (Å²) in [5.74, 6) is 0.683. The average molecular weight is 404 g/mol. The number of para-hydroxylation sites is 1. The molecule has 0 N–H and O–H groups in total. The zero-order chi connectivity index (χ0) is 21.4. The molecule has 30 heavy (non-hydrogen) atoms. The largest absolute Gasteiger partial charge is 0.425 e. The van der Waals surface area contributed by atoms with Gasteiger partial charge < -0.3 is 4.74 Å². The lowest BCUT2D eigenvalue weighted by Gasteiger charge is -2.12. The van der Waals surface area contributed by atoms with Crippen LogP contribution < -0.4 is 16.0 Å². The molecule has 7 nitrogen and oxygen atoms in total. The molecule has 0 saturated heterocycles. The van der Waals surface area contributed by atoms with E-state index in [0.29, 0.717) is 23.5 Å². The highest BCUT2D eigenvalue weighted by atomic mass is 16.5. The van der Waals surface area contributed by atoms with Crippen molar-refractivity contribution in [2.45, 2.75) is 26.8 Å².